The van der Waals surface area contributed by atoms with Gasteiger partial charge in [-0.25, -0.2) is 4.98 Å². The average molecular weight is 217 g/mol. The van der Waals surface area contributed by atoms with Gasteiger partial charge in [0.05, 0.1) is 5.52 Å². The number of ether oxygens (including phenoxy) is 1. The summed E-state index contributed by atoms with van der Waals surface area (Å²) in [6.45, 7) is 3.87. The highest BCUT2D eigenvalue weighted by molar-refractivity contribution is 5.82. The van der Waals surface area contributed by atoms with E-state index in [1.54, 1.807) is 0 Å². The zero-order chi connectivity index (χ0) is 11.1. The van der Waals surface area contributed by atoms with Gasteiger partial charge in [0, 0.05) is 20.1 Å². The van der Waals surface area contributed by atoms with Crippen LogP contribution in [-0.4, -0.2) is 28.7 Å². The third kappa shape index (κ3) is 1.38. The van der Waals surface area contributed by atoms with Crippen molar-refractivity contribution in [1.29, 1.82) is 0 Å². The van der Waals surface area contributed by atoms with Crippen LogP contribution in [0, 0.1) is 6.92 Å². The zero-order valence-electron chi connectivity index (χ0n) is 9.53. The van der Waals surface area contributed by atoms with Crippen molar-refractivity contribution in [2.45, 2.75) is 13.0 Å². The molecule has 0 amide bonds. The number of hydrogen-bond donors (Lipinski definition) is 1. The molecule has 1 aromatic carbocycles. The monoisotopic (exact) mass is 217 g/mol. The fourth-order valence-electron chi connectivity index (χ4n) is 1.93. The molecule has 84 valence electrons. The Kier molecular flexibility index (Phi) is 2.11. The lowest BCUT2D eigenvalue weighted by Gasteiger charge is -2.27. The van der Waals surface area contributed by atoms with Gasteiger partial charge in [-0.15, -0.1) is 0 Å². The molecule has 1 saturated heterocycles. The van der Waals surface area contributed by atoms with Crippen molar-refractivity contribution in [1.82, 2.24) is 14.9 Å². The van der Waals surface area contributed by atoms with Gasteiger partial charge in [-0.05, 0) is 19.1 Å². The number of aromatic nitrogens is 2. The normalized spacial score (nSPS) is 16.4. The molecule has 0 atom stereocenters. The molecule has 3 rings (SSSR count). The van der Waals surface area contributed by atoms with Gasteiger partial charge in [-0.1, -0.05) is 6.07 Å². The lowest BCUT2D eigenvalue weighted by molar-refractivity contribution is 0.144. The highest BCUT2D eigenvalue weighted by Crippen LogP contribution is 2.26. The summed E-state index contributed by atoms with van der Waals surface area (Å²) in [4.78, 5) is 4.54. The van der Waals surface area contributed by atoms with E-state index in [1.807, 2.05) is 26.1 Å². The smallest absolute Gasteiger partial charge is 0.147 e. The second kappa shape index (κ2) is 3.49. The molecule has 1 aromatic heterocycles. The van der Waals surface area contributed by atoms with E-state index in [0.29, 0.717) is 6.10 Å². The Bertz CT molecular complexity index is 528. The lowest BCUT2D eigenvalue weighted by Crippen LogP contribution is -2.50. The van der Waals surface area contributed by atoms with E-state index in [4.69, 9.17) is 4.74 Å². The number of nitrogens with one attached hydrogen (secondary N) is 1. The van der Waals surface area contributed by atoms with Crippen LogP contribution < -0.4 is 10.1 Å². The van der Waals surface area contributed by atoms with Crippen molar-refractivity contribution >= 4 is 11.0 Å². The fourth-order valence-corrected chi connectivity index (χ4v) is 1.93. The Morgan fingerprint density at radius 2 is 2.25 bits per heavy atom. The predicted molar refractivity (Wildman–Crippen MR) is 62.7 cm³/mol. The van der Waals surface area contributed by atoms with E-state index in [1.165, 1.54) is 0 Å². The molecule has 1 N–H and O–H groups in total. The number of rotatable bonds is 2. The third-order valence-corrected chi connectivity index (χ3v) is 3.14. The third-order valence-electron chi connectivity index (χ3n) is 3.14. The van der Waals surface area contributed by atoms with Gasteiger partial charge >= 0.3 is 0 Å². The first-order valence-electron chi connectivity index (χ1n) is 5.55. The summed E-state index contributed by atoms with van der Waals surface area (Å²) < 4.78 is 7.98. The number of benzene rings is 1. The summed E-state index contributed by atoms with van der Waals surface area (Å²) >= 11 is 0. The summed E-state index contributed by atoms with van der Waals surface area (Å²) in [5.41, 5.74) is 2.09. The van der Waals surface area contributed by atoms with Crippen LogP contribution in [0.5, 0.6) is 5.75 Å². The Balaban J connectivity index is 2.06. The zero-order valence-corrected chi connectivity index (χ0v) is 9.53. The summed E-state index contributed by atoms with van der Waals surface area (Å²) in [5.74, 6) is 1.91. The molecule has 0 spiro atoms. The van der Waals surface area contributed by atoms with E-state index in [0.717, 1.165) is 35.7 Å². The summed E-state index contributed by atoms with van der Waals surface area (Å²) in [7, 11) is 2.03. The topological polar surface area (TPSA) is 39.1 Å². The molecule has 1 fully saturated rings. The van der Waals surface area contributed by atoms with Crippen molar-refractivity contribution in [3.63, 3.8) is 0 Å². The van der Waals surface area contributed by atoms with E-state index in [9.17, 15) is 0 Å². The van der Waals surface area contributed by atoms with Crippen molar-refractivity contribution in [3.05, 3.63) is 24.0 Å². The first-order chi connectivity index (χ1) is 7.75. The van der Waals surface area contributed by atoms with E-state index in [-0.39, 0.29) is 0 Å². The molecule has 4 heteroatoms. The molecule has 1 aliphatic heterocycles. The van der Waals surface area contributed by atoms with E-state index >= 15 is 0 Å². The predicted octanol–water partition coefficient (Wildman–Crippen LogP) is 1.23. The number of nitrogens with zero attached hydrogens (tertiary/aromatic N) is 2. The van der Waals surface area contributed by atoms with Crippen LogP contribution >= 0.6 is 0 Å². The molecule has 16 heavy (non-hydrogen) atoms. The minimum atomic E-state index is 0.299. The van der Waals surface area contributed by atoms with Gasteiger partial charge in [0.1, 0.15) is 23.2 Å². The van der Waals surface area contributed by atoms with E-state index in [2.05, 4.69) is 20.9 Å². The minimum absolute atomic E-state index is 0.299. The fraction of sp³-hybridized carbons (Fsp3) is 0.417. The summed E-state index contributed by atoms with van der Waals surface area (Å²) in [5, 5.41) is 3.20. The molecule has 0 radical (unpaired) electrons. The molecule has 1 aliphatic rings. The minimum Gasteiger partial charge on any atom is -0.485 e. The van der Waals surface area contributed by atoms with Crippen LogP contribution in [0.25, 0.3) is 11.0 Å². The largest absolute Gasteiger partial charge is 0.485 e. The molecule has 2 heterocycles. The second-order valence-electron chi connectivity index (χ2n) is 4.24. The molecule has 0 aliphatic carbocycles. The summed E-state index contributed by atoms with van der Waals surface area (Å²) in [6.07, 6.45) is 0.299. The number of hydrogen-bond acceptors (Lipinski definition) is 3. The van der Waals surface area contributed by atoms with Gasteiger partial charge in [0.15, 0.2) is 0 Å². The SMILES string of the molecule is Cc1nc2c(OC3CNC3)cccc2n1C. The molecule has 2 aromatic rings. The lowest BCUT2D eigenvalue weighted by atomic mass is 10.2. The van der Waals surface area contributed by atoms with Gasteiger partial charge in [0.25, 0.3) is 0 Å². The van der Waals surface area contributed by atoms with Crippen LogP contribution in [0.3, 0.4) is 0 Å². The van der Waals surface area contributed by atoms with Crippen molar-refractivity contribution in [2.75, 3.05) is 13.1 Å². The van der Waals surface area contributed by atoms with Gasteiger partial charge in [-0.2, -0.15) is 0 Å². The Morgan fingerprint density at radius 1 is 1.44 bits per heavy atom. The number of aryl methyl sites for hydroxylation is 2. The highest BCUT2D eigenvalue weighted by atomic mass is 16.5. The summed E-state index contributed by atoms with van der Waals surface area (Å²) in [6, 6.07) is 6.08. The quantitative estimate of drug-likeness (QED) is 0.822. The Morgan fingerprint density at radius 3 is 2.94 bits per heavy atom. The number of para-hydroxylation sites is 1. The Hall–Kier alpha value is -1.55. The van der Waals surface area contributed by atoms with Crippen LogP contribution in [0.15, 0.2) is 18.2 Å². The van der Waals surface area contributed by atoms with Crippen molar-refractivity contribution < 1.29 is 4.74 Å². The first-order valence-corrected chi connectivity index (χ1v) is 5.55. The average Bonchev–Trinajstić information content (AvgIpc) is 2.51. The van der Waals surface area contributed by atoms with Crippen molar-refractivity contribution in [2.24, 2.45) is 7.05 Å². The van der Waals surface area contributed by atoms with Gasteiger partial charge in [-0.3, -0.25) is 0 Å². The maximum atomic E-state index is 5.89. The van der Waals surface area contributed by atoms with E-state index < -0.39 is 0 Å². The Labute approximate surface area is 94.2 Å². The van der Waals surface area contributed by atoms with Gasteiger partial charge < -0.3 is 14.6 Å². The van der Waals surface area contributed by atoms with Gasteiger partial charge in [0.2, 0.25) is 0 Å². The van der Waals surface area contributed by atoms with Crippen LogP contribution in [-0.2, 0) is 7.05 Å². The maximum absolute atomic E-state index is 5.89. The highest BCUT2D eigenvalue weighted by Gasteiger charge is 2.20. The van der Waals surface area contributed by atoms with Crippen molar-refractivity contribution in [3.8, 4) is 5.75 Å². The van der Waals surface area contributed by atoms with Crippen LogP contribution in [0.4, 0.5) is 0 Å². The number of fused-ring (bicyclic) bond motifs is 1. The maximum Gasteiger partial charge on any atom is 0.147 e. The molecule has 0 saturated carbocycles. The first kappa shape index (κ1) is 9.66. The van der Waals surface area contributed by atoms with Crippen LogP contribution in [0.1, 0.15) is 5.82 Å². The molecule has 4 nitrogen and oxygen atoms in total. The second-order valence-corrected chi connectivity index (χ2v) is 4.24. The standard InChI is InChI=1S/C12H15N3O/c1-8-14-12-10(15(8)2)4-3-5-11(12)16-9-6-13-7-9/h3-5,9,13H,6-7H2,1-2H3. The molecular formula is C12H15N3O. The number of imidazole rings is 1. The van der Waals surface area contributed by atoms with Crippen LogP contribution in [0.2, 0.25) is 0 Å². The molecule has 0 unspecified atom stereocenters. The molecule has 0 bridgehead atoms. The molecular weight excluding hydrogens is 202 g/mol.